The molecule has 1 fully saturated rings. The Morgan fingerprint density at radius 1 is 1.17 bits per heavy atom. The van der Waals surface area contributed by atoms with E-state index in [1.54, 1.807) is 0 Å². The molecule has 100 valence electrons. The molecule has 0 aliphatic carbocycles. The van der Waals surface area contributed by atoms with E-state index in [0.717, 1.165) is 12.8 Å². The zero-order valence-corrected chi connectivity index (χ0v) is 11.7. The number of rotatable bonds is 5. The average molecular weight is 246 g/mol. The minimum Gasteiger partial charge on any atom is -0.326 e. The standard InChI is InChI=1S/C16H26N2/c1-16(2,18-12-6-7-13-18)15(17)11-10-14-8-4-3-5-9-14/h3-5,8-9,15H,6-7,10-13,17H2,1-2H3. The number of likely N-dealkylation sites (tertiary alicyclic amines) is 1. The summed E-state index contributed by atoms with van der Waals surface area (Å²) in [4.78, 5) is 2.56. The summed E-state index contributed by atoms with van der Waals surface area (Å²) in [5, 5.41) is 0. The minimum atomic E-state index is 0.130. The van der Waals surface area contributed by atoms with E-state index in [1.807, 2.05) is 0 Å². The lowest BCUT2D eigenvalue weighted by Gasteiger charge is -2.40. The molecule has 2 N–H and O–H groups in total. The Morgan fingerprint density at radius 2 is 1.78 bits per heavy atom. The molecule has 0 saturated carbocycles. The van der Waals surface area contributed by atoms with E-state index >= 15 is 0 Å². The average Bonchev–Trinajstić information content (AvgIpc) is 2.91. The first-order valence-electron chi connectivity index (χ1n) is 7.15. The fourth-order valence-electron chi connectivity index (χ4n) is 2.85. The molecule has 0 bridgehead atoms. The summed E-state index contributed by atoms with van der Waals surface area (Å²) in [7, 11) is 0. The summed E-state index contributed by atoms with van der Waals surface area (Å²) in [6, 6.07) is 10.9. The highest BCUT2D eigenvalue weighted by Crippen LogP contribution is 2.25. The van der Waals surface area contributed by atoms with Crippen molar-refractivity contribution >= 4 is 0 Å². The zero-order valence-electron chi connectivity index (χ0n) is 11.7. The summed E-state index contributed by atoms with van der Waals surface area (Å²) in [6.45, 7) is 7.03. The highest BCUT2D eigenvalue weighted by Gasteiger charge is 2.34. The Labute approximate surface area is 111 Å². The molecule has 1 atom stereocenters. The predicted octanol–water partition coefficient (Wildman–Crippen LogP) is 2.82. The van der Waals surface area contributed by atoms with Gasteiger partial charge in [0.2, 0.25) is 0 Å². The second-order valence-corrected chi connectivity index (χ2v) is 5.98. The van der Waals surface area contributed by atoms with Crippen molar-refractivity contribution in [2.75, 3.05) is 13.1 Å². The van der Waals surface area contributed by atoms with E-state index in [4.69, 9.17) is 5.73 Å². The van der Waals surface area contributed by atoms with Gasteiger partial charge < -0.3 is 5.73 Å². The molecule has 1 unspecified atom stereocenters. The van der Waals surface area contributed by atoms with E-state index in [-0.39, 0.29) is 11.6 Å². The van der Waals surface area contributed by atoms with Gasteiger partial charge in [0.15, 0.2) is 0 Å². The predicted molar refractivity (Wildman–Crippen MR) is 77.6 cm³/mol. The van der Waals surface area contributed by atoms with Crippen molar-refractivity contribution in [1.82, 2.24) is 4.90 Å². The van der Waals surface area contributed by atoms with Gasteiger partial charge in [-0.05, 0) is 58.2 Å². The van der Waals surface area contributed by atoms with Gasteiger partial charge in [0.25, 0.3) is 0 Å². The third-order valence-corrected chi connectivity index (χ3v) is 4.42. The van der Waals surface area contributed by atoms with Crippen LogP contribution in [-0.2, 0) is 6.42 Å². The zero-order chi connectivity index (χ0) is 13.0. The first kappa shape index (κ1) is 13.6. The summed E-state index contributed by atoms with van der Waals surface area (Å²) in [5.74, 6) is 0. The van der Waals surface area contributed by atoms with Crippen LogP contribution in [0.15, 0.2) is 30.3 Å². The van der Waals surface area contributed by atoms with E-state index in [0.29, 0.717) is 0 Å². The number of aryl methyl sites for hydroxylation is 1. The van der Waals surface area contributed by atoms with Crippen molar-refractivity contribution in [3.05, 3.63) is 35.9 Å². The molecule has 0 radical (unpaired) electrons. The highest BCUT2D eigenvalue weighted by molar-refractivity contribution is 5.15. The maximum absolute atomic E-state index is 6.44. The quantitative estimate of drug-likeness (QED) is 0.865. The summed E-state index contributed by atoms with van der Waals surface area (Å²) < 4.78 is 0. The third-order valence-electron chi connectivity index (χ3n) is 4.42. The monoisotopic (exact) mass is 246 g/mol. The van der Waals surface area contributed by atoms with Crippen molar-refractivity contribution < 1.29 is 0 Å². The molecule has 2 heteroatoms. The number of hydrogen-bond acceptors (Lipinski definition) is 2. The number of benzene rings is 1. The molecule has 1 heterocycles. The van der Waals surface area contributed by atoms with Gasteiger partial charge in [-0.15, -0.1) is 0 Å². The van der Waals surface area contributed by atoms with Gasteiger partial charge in [-0.3, -0.25) is 4.90 Å². The molecule has 1 saturated heterocycles. The molecule has 1 aliphatic rings. The smallest absolute Gasteiger partial charge is 0.0304 e. The van der Waals surface area contributed by atoms with Gasteiger partial charge in [0.1, 0.15) is 0 Å². The van der Waals surface area contributed by atoms with Crippen LogP contribution in [0, 0.1) is 0 Å². The number of hydrogen-bond donors (Lipinski definition) is 1. The highest BCUT2D eigenvalue weighted by atomic mass is 15.2. The minimum absolute atomic E-state index is 0.130. The lowest BCUT2D eigenvalue weighted by Crippen LogP contribution is -2.55. The van der Waals surface area contributed by atoms with Gasteiger partial charge in [-0.2, -0.15) is 0 Å². The lowest BCUT2D eigenvalue weighted by atomic mass is 9.89. The van der Waals surface area contributed by atoms with E-state index < -0.39 is 0 Å². The van der Waals surface area contributed by atoms with E-state index in [9.17, 15) is 0 Å². The van der Waals surface area contributed by atoms with Crippen LogP contribution in [-0.4, -0.2) is 29.6 Å². The third kappa shape index (κ3) is 3.12. The fraction of sp³-hybridized carbons (Fsp3) is 0.625. The molecule has 2 rings (SSSR count). The second kappa shape index (κ2) is 5.85. The van der Waals surface area contributed by atoms with Gasteiger partial charge in [0, 0.05) is 11.6 Å². The first-order chi connectivity index (χ1) is 8.60. The molecule has 0 amide bonds. The lowest BCUT2D eigenvalue weighted by molar-refractivity contribution is 0.120. The van der Waals surface area contributed by atoms with E-state index in [2.05, 4.69) is 49.1 Å². The molecular weight excluding hydrogens is 220 g/mol. The van der Waals surface area contributed by atoms with Crippen LogP contribution in [0.5, 0.6) is 0 Å². The van der Waals surface area contributed by atoms with Gasteiger partial charge in [-0.1, -0.05) is 30.3 Å². The van der Waals surface area contributed by atoms with Crippen molar-refractivity contribution in [3.8, 4) is 0 Å². The number of nitrogens with two attached hydrogens (primary N) is 1. The van der Waals surface area contributed by atoms with Crippen molar-refractivity contribution in [2.24, 2.45) is 5.73 Å². The van der Waals surface area contributed by atoms with Crippen molar-refractivity contribution in [3.63, 3.8) is 0 Å². The topological polar surface area (TPSA) is 29.3 Å². The van der Waals surface area contributed by atoms with Gasteiger partial charge in [-0.25, -0.2) is 0 Å². The molecule has 0 spiro atoms. The fourth-order valence-corrected chi connectivity index (χ4v) is 2.85. The molecule has 2 nitrogen and oxygen atoms in total. The summed E-state index contributed by atoms with van der Waals surface area (Å²) >= 11 is 0. The molecule has 1 aromatic rings. The van der Waals surface area contributed by atoms with Crippen LogP contribution in [0.1, 0.15) is 38.7 Å². The summed E-state index contributed by atoms with van der Waals surface area (Å²) in [5.41, 5.74) is 7.96. The first-order valence-corrected chi connectivity index (χ1v) is 7.15. The van der Waals surface area contributed by atoms with Gasteiger partial charge in [0.05, 0.1) is 0 Å². The van der Waals surface area contributed by atoms with Crippen molar-refractivity contribution in [1.29, 1.82) is 0 Å². The number of nitrogens with zero attached hydrogens (tertiary/aromatic N) is 1. The van der Waals surface area contributed by atoms with Crippen LogP contribution in [0.25, 0.3) is 0 Å². The maximum Gasteiger partial charge on any atom is 0.0304 e. The molecule has 18 heavy (non-hydrogen) atoms. The summed E-state index contributed by atoms with van der Waals surface area (Å²) in [6.07, 6.45) is 4.80. The maximum atomic E-state index is 6.44. The van der Waals surface area contributed by atoms with Crippen LogP contribution in [0.2, 0.25) is 0 Å². The van der Waals surface area contributed by atoms with Crippen LogP contribution >= 0.6 is 0 Å². The Bertz CT molecular complexity index is 353. The Kier molecular flexibility index (Phi) is 4.41. The second-order valence-electron chi connectivity index (χ2n) is 5.98. The van der Waals surface area contributed by atoms with Gasteiger partial charge >= 0.3 is 0 Å². The molecule has 1 aliphatic heterocycles. The Hall–Kier alpha value is -0.860. The van der Waals surface area contributed by atoms with Crippen molar-refractivity contribution in [2.45, 2.75) is 51.1 Å². The van der Waals surface area contributed by atoms with E-state index in [1.165, 1.54) is 31.5 Å². The van der Waals surface area contributed by atoms with Crippen LogP contribution < -0.4 is 5.73 Å². The largest absolute Gasteiger partial charge is 0.326 e. The SMILES string of the molecule is CC(C)(C(N)CCc1ccccc1)N1CCCC1. The molecular formula is C16H26N2. The molecule has 1 aromatic carbocycles. The normalized spacial score (nSPS) is 19.1. The van der Waals surface area contributed by atoms with Crippen LogP contribution in [0.3, 0.4) is 0 Å². The van der Waals surface area contributed by atoms with Crippen LogP contribution in [0.4, 0.5) is 0 Å². The Balaban J connectivity index is 1.88. The molecule has 0 aromatic heterocycles. The Morgan fingerprint density at radius 3 is 2.39 bits per heavy atom.